The van der Waals surface area contributed by atoms with Crippen LogP contribution in [0.3, 0.4) is 0 Å². The molecule has 1 N–H and O–H groups in total. The van der Waals surface area contributed by atoms with Crippen LogP contribution in [0.4, 0.5) is 4.39 Å². The summed E-state index contributed by atoms with van der Waals surface area (Å²) < 4.78 is 15.7. The van der Waals surface area contributed by atoms with Crippen LogP contribution in [0.25, 0.3) is 5.52 Å². The minimum absolute atomic E-state index is 0. The average Bonchev–Trinajstić information content (AvgIpc) is 2.67. The minimum Gasteiger partial charge on any atom is -0.503 e. The molecular weight excluding hydrogens is 399 g/mol. The fourth-order valence-corrected chi connectivity index (χ4v) is 2.90. The summed E-state index contributed by atoms with van der Waals surface area (Å²) in [4.78, 5) is 38.1. The fourth-order valence-electron chi connectivity index (χ4n) is 2.90. The number of aromatic hydroxyl groups is 1. The molecule has 0 saturated carbocycles. The van der Waals surface area contributed by atoms with E-state index in [4.69, 9.17) is 0 Å². The second-order valence-electron chi connectivity index (χ2n) is 7.40. The third kappa shape index (κ3) is 4.10. The van der Waals surface area contributed by atoms with Gasteiger partial charge in [0.2, 0.25) is 5.43 Å². The van der Waals surface area contributed by atoms with Crippen LogP contribution in [-0.4, -0.2) is 19.9 Å². The topological polar surface area (TPSA) is 80.8 Å². The van der Waals surface area contributed by atoms with Gasteiger partial charge >= 0.3 is 0 Å². The molecular formula is C21H22ClFN2O4. The van der Waals surface area contributed by atoms with Crippen LogP contribution in [0.2, 0.25) is 0 Å². The van der Waals surface area contributed by atoms with Gasteiger partial charge in [-0.3, -0.25) is 14.4 Å². The molecule has 0 spiro atoms. The highest BCUT2D eigenvalue weighted by Gasteiger charge is 2.30. The van der Waals surface area contributed by atoms with Gasteiger partial charge < -0.3 is 14.1 Å². The van der Waals surface area contributed by atoms with E-state index < -0.39 is 22.2 Å². The van der Waals surface area contributed by atoms with E-state index in [1.165, 1.54) is 39.7 Å². The first-order valence-corrected chi connectivity index (χ1v) is 8.92. The molecule has 1 aromatic carbocycles. The first-order valence-electron chi connectivity index (χ1n) is 8.92. The Balaban J connectivity index is 0.00000300. The molecule has 0 amide bonds. The van der Waals surface area contributed by atoms with Crippen molar-refractivity contribution in [3.63, 3.8) is 0 Å². The molecule has 0 aliphatic rings. The molecule has 3 rings (SSSR count). The number of carbonyl (C=O) groups is 1. The highest BCUT2D eigenvalue weighted by molar-refractivity contribution is 6.00. The lowest BCUT2D eigenvalue weighted by molar-refractivity contribution is 0.0831. The Morgan fingerprint density at radius 1 is 1.14 bits per heavy atom. The molecule has 0 bridgehead atoms. The maximum absolute atomic E-state index is 13.1. The Kier molecular flexibility index (Phi) is 6.33. The molecule has 0 atom stereocenters. The fraction of sp³-hybridized carbons (Fsp3) is 0.286. The number of nitrogens with zero attached hydrogens (tertiary/aromatic N) is 2. The number of fused-ring (bicyclic) bond motifs is 1. The maximum Gasteiger partial charge on any atom is 0.279 e. The zero-order chi connectivity index (χ0) is 20.6. The van der Waals surface area contributed by atoms with Crippen LogP contribution in [0.1, 0.15) is 43.1 Å². The van der Waals surface area contributed by atoms with Crippen LogP contribution >= 0.6 is 12.4 Å². The van der Waals surface area contributed by atoms with Gasteiger partial charge in [0.1, 0.15) is 5.82 Å². The number of Topliss-reactive ketones (excluding diaryl/α,β-unsaturated/α-hetero) is 1. The van der Waals surface area contributed by atoms with Gasteiger partial charge in [-0.15, -0.1) is 12.4 Å². The predicted octanol–water partition coefficient (Wildman–Crippen LogP) is 3.39. The van der Waals surface area contributed by atoms with E-state index in [1.54, 1.807) is 26.0 Å². The number of benzene rings is 1. The second kappa shape index (κ2) is 8.21. The summed E-state index contributed by atoms with van der Waals surface area (Å²) in [6.45, 7) is 5.43. The molecule has 0 saturated heterocycles. The standard InChI is InChI=1S/C21H21FN2O4.ClH/c1-4-21(2,3)19(27)15-12-23-9-10-24(11-13-5-7-14(22)8-6-13)20(28)16(23)18(26)17(15)25;/h5-10,12,26H,4,11H2,1-3H3;1H. The van der Waals surface area contributed by atoms with Crippen molar-refractivity contribution in [3.8, 4) is 5.75 Å². The molecule has 3 aromatic rings. The number of rotatable bonds is 5. The van der Waals surface area contributed by atoms with Crippen LogP contribution in [0, 0.1) is 11.2 Å². The summed E-state index contributed by atoms with van der Waals surface area (Å²) in [5, 5.41) is 10.4. The lowest BCUT2D eigenvalue weighted by Crippen LogP contribution is -2.31. The van der Waals surface area contributed by atoms with Crippen molar-refractivity contribution in [1.82, 2.24) is 8.97 Å². The zero-order valence-corrected chi connectivity index (χ0v) is 17.1. The number of pyridine rings is 1. The number of carbonyl (C=O) groups excluding carboxylic acids is 1. The van der Waals surface area contributed by atoms with Gasteiger partial charge in [0.25, 0.3) is 5.56 Å². The minimum atomic E-state index is -0.858. The van der Waals surface area contributed by atoms with E-state index >= 15 is 0 Å². The zero-order valence-electron chi connectivity index (χ0n) is 16.3. The molecule has 154 valence electrons. The molecule has 2 aromatic heterocycles. The van der Waals surface area contributed by atoms with Crippen LogP contribution in [0.5, 0.6) is 5.75 Å². The van der Waals surface area contributed by atoms with Crippen molar-refractivity contribution in [1.29, 1.82) is 0 Å². The van der Waals surface area contributed by atoms with E-state index in [-0.39, 0.29) is 41.6 Å². The van der Waals surface area contributed by atoms with Crippen molar-refractivity contribution in [2.24, 2.45) is 5.41 Å². The largest absolute Gasteiger partial charge is 0.503 e. The van der Waals surface area contributed by atoms with Gasteiger partial charge in [-0.25, -0.2) is 4.39 Å². The van der Waals surface area contributed by atoms with Crippen molar-refractivity contribution < 1.29 is 14.3 Å². The Bertz CT molecular complexity index is 1180. The number of hydrogen-bond donors (Lipinski definition) is 1. The van der Waals surface area contributed by atoms with Crippen LogP contribution < -0.4 is 11.0 Å². The Morgan fingerprint density at radius 3 is 2.34 bits per heavy atom. The van der Waals surface area contributed by atoms with Crippen molar-refractivity contribution >= 4 is 23.7 Å². The van der Waals surface area contributed by atoms with Gasteiger partial charge in [0, 0.05) is 24.0 Å². The van der Waals surface area contributed by atoms with Gasteiger partial charge in [-0.05, 0) is 24.1 Å². The first kappa shape index (κ1) is 22.4. The van der Waals surface area contributed by atoms with E-state index in [0.717, 1.165) is 0 Å². The lowest BCUT2D eigenvalue weighted by atomic mass is 9.82. The normalized spacial score (nSPS) is 11.3. The number of halogens is 2. The van der Waals surface area contributed by atoms with Crippen molar-refractivity contribution in [2.75, 3.05) is 0 Å². The highest BCUT2D eigenvalue weighted by atomic mass is 35.5. The first-order chi connectivity index (χ1) is 13.2. The quantitative estimate of drug-likeness (QED) is 0.641. The Morgan fingerprint density at radius 2 is 1.76 bits per heavy atom. The Labute approximate surface area is 172 Å². The highest BCUT2D eigenvalue weighted by Crippen LogP contribution is 2.25. The van der Waals surface area contributed by atoms with Gasteiger partial charge in [-0.1, -0.05) is 32.9 Å². The molecule has 2 heterocycles. The van der Waals surface area contributed by atoms with Crippen LogP contribution in [0.15, 0.2) is 52.4 Å². The molecule has 8 heteroatoms. The van der Waals surface area contributed by atoms with E-state index in [2.05, 4.69) is 0 Å². The molecule has 0 radical (unpaired) electrons. The summed E-state index contributed by atoms with van der Waals surface area (Å²) in [6.07, 6.45) is 4.80. The summed E-state index contributed by atoms with van der Waals surface area (Å²) in [7, 11) is 0. The smallest absolute Gasteiger partial charge is 0.279 e. The molecule has 0 fully saturated rings. The average molecular weight is 421 g/mol. The molecule has 0 aliphatic carbocycles. The van der Waals surface area contributed by atoms with Crippen molar-refractivity contribution in [3.05, 3.63) is 80.4 Å². The summed E-state index contributed by atoms with van der Waals surface area (Å²) in [5.41, 5.74) is -1.89. The third-order valence-corrected chi connectivity index (χ3v) is 5.09. The SMILES string of the molecule is CCC(C)(C)C(=O)c1cn2ccn(Cc3ccc(F)cc3)c(=O)c2c(O)c1=O.Cl. The van der Waals surface area contributed by atoms with E-state index in [1.807, 2.05) is 6.92 Å². The molecule has 0 unspecified atom stereocenters. The molecule has 0 aliphatic heterocycles. The number of aromatic nitrogens is 2. The Hall–Kier alpha value is -2.93. The monoisotopic (exact) mass is 420 g/mol. The van der Waals surface area contributed by atoms with E-state index in [9.17, 15) is 23.9 Å². The second-order valence-corrected chi connectivity index (χ2v) is 7.40. The van der Waals surface area contributed by atoms with Gasteiger partial charge in [0.15, 0.2) is 17.0 Å². The maximum atomic E-state index is 13.1. The van der Waals surface area contributed by atoms with Crippen molar-refractivity contribution in [2.45, 2.75) is 33.7 Å². The van der Waals surface area contributed by atoms with Crippen LogP contribution in [-0.2, 0) is 6.54 Å². The molecule has 6 nitrogen and oxygen atoms in total. The summed E-state index contributed by atoms with van der Waals surface area (Å²) >= 11 is 0. The predicted molar refractivity (Wildman–Crippen MR) is 111 cm³/mol. The summed E-state index contributed by atoms with van der Waals surface area (Å²) in [6, 6.07) is 5.67. The summed E-state index contributed by atoms with van der Waals surface area (Å²) in [5.74, 6) is -1.53. The number of hydrogen-bond acceptors (Lipinski definition) is 4. The van der Waals surface area contributed by atoms with Gasteiger partial charge in [0.05, 0.1) is 12.1 Å². The number of ketones is 1. The lowest BCUT2D eigenvalue weighted by Gasteiger charge is -2.21. The third-order valence-electron chi connectivity index (χ3n) is 5.09. The van der Waals surface area contributed by atoms with Gasteiger partial charge in [-0.2, -0.15) is 0 Å². The van der Waals surface area contributed by atoms with E-state index in [0.29, 0.717) is 12.0 Å². The molecule has 29 heavy (non-hydrogen) atoms.